The highest BCUT2D eigenvalue weighted by molar-refractivity contribution is 7.07. The average molecular weight is 173 g/mol. The Morgan fingerprint density at radius 3 is 2.92 bits per heavy atom. The molecule has 0 saturated heterocycles. The lowest BCUT2D eigenvalue weighted by Gasteiger charge is -1.95. The molecule has 1 heteroatoms. The van der Waals surface area contributed by atoms with Gasteiger partial charge in [-0.15, -0.1) is 0 Å². The van der Waals surface area contributed by atoms with E-state index in [9.17, 15) is 0 Å². The van der Waals surface area contributed by atoms with Gasteiger partial charge in [0.1, 0.15) is 0 Å². The molecule has 2 aromatic rings. The van der Waals surface area contributed by atoms with E-state index >= 15 is 0 Å². The van der Waals surface area contributed by atoms with E-state index in [0.717, 1.165) is 6.42 Å². The zero-order chi connectivity index (χ0) is 8.23. The SMILES string of the molecule is [c]1ccccc1Cc1ccsc1. The van der Waals surface area contributed by atoms with Crippen LogP contribution in [-0.2, 0) is 6.42 Å². The highest BCUT2D eigenvalue weighted by atomic mass is 32.1. The van der Waals surface area contributed by atoms with Crippen LogP contribution in [0.4, 0.5) is 0 Å². The third-order valence-electron chi connectivity index (χ3n) is 1.75. The number of hydrogen-bond acceptors (Lipinski definition) is 1. The molecule has 12 heavy (non-hydrogen) atoms. The van der Waals surface area contributed by atoms with Crippen molar-refractivity contribution in [3.63, 3.8) is 0 Å². The van der Waals surface area contributed by atoms with Gasteiger partial charge in [0, 0.05) is 0 Å². The molecule has 0 N–H and O–H groups in total. The first kappa shape index (κ1) is 7.56. The van der Waals surface area contributed by atoms with Crippen molar-refractivity contribution in [2.24, 2.45) is 0 Å². The van der Waals surface area contributed by atoms with Gasteiger partial charge in [-0.05, 0) is 40.4 Å². The first-order valence-corrected chi connectivity index (χ1v) is 4.86. The highest BCUT2D eigenvalue weighted by Gasteiger charge is 1.94. The first-order chi connectivity index (χ1) is 5.95. The van der Waals surface area contributed by atoms with E-state index in [-0.39, 0.29) is 0 Å². The average Bonchev–Trinajstić information content (AvgIpc) is 2.59. The van der Waals surface area contributed by atoms with Crippen molar-refractivity contribution in [3.8, 4) is 0 Å². The molecule has 0 aliphatic heterocycles. The lowest BCUT2D eigenvalue weighted by molar-refractivity contribution is 1.21. The molecule has 0 nitrogen and oxygen atoms in total. The third-order valence-corrected chi connectivity index (χ3v) is 2.48. The summed E-state index contributed by atoms with van der Waals surface area (Å²) in [6, 6.07) is 13.5. The molecular formula is C11H9S. The van der Waals surface area contributed by atoms with Gasteiger partial charge in [0.25, 0.3) is 0 Å². The van der Waals surface area contributed by atoms with Gasteiger partial charge in [-0.25, -0.2) is 0 Å². The zero-order valence-electron chi connectivity index (χ0n) is 6.66. The summed E-state index contributed by atoms with van der Waals surface area (Å²) in [7, 11) is 0. The fourth-order valence-corrected chi connectivity index (χ4v) is 1.82. The third kappa shape index (κ3) is 1.74. The fourth-order valence-electron chi connectivity index (χ4n) is 1.15. The van der Waals surface area contributed by atoms with Gasteiger partial charge < -0.3 is 0 Å². The molecule has 0 bridgehead atoms. The predicted octanol–water partition coefficient (Wildman–Crippen LogP) is 3.14. The van der Waals surface area contributed by atoms with E-state index in [1.807, 2.05) is 12.1 Å². The summed E-state index contributed by atoms with van der Waals surface area (Å²) in [5.74, 6) is 0. The maximum atomic E-state index is 3.21. The molecule has 0 saturated carbocycles. The molecule has 1 aromatic carbocycles. The largest absolute Gasteiger partial charge is 0.152 e. The van der Waals surface area contributed by atoms with E-state index in [1.165, 1.54) is 11.1 Å². The fraction of sp³-hybridized carbons (Fsp3) is 0.0909. The van der Waals surface area contributed by atoms with Crippen molar-refractivity contribution in [3.05, 3.63) is 58.3 Å². The Morgan fingerprint density at radius 2 is 2.25 bits per heavy atom. The number of benzene rings is 1. The van der Waals surface area contributed by atoms with Crippen molar-refractivity contribution < 1.29 is 0 Å². The zero-order valence-corrected chi connectivity index (χ0v) is 7.47. The molecule has 59 valence electrons. The second-order valence-electron chi connectivity index (χ2n) is 2.70. The van der Waals surface area contributed by atoms with Crippen LogP contribution in [0, 0.1) is 6.07 Å². The minimum absolute atomic E-state index is 1.00. The molecule has 0 spiro atoms. The molecule has 1 aromatic heterocycles. The van der Waals surface area contributed by atoms with Gasteiger partial charge in [-0.2, -0.15) is 11.3 Å². The van der Waals surface area contributed by atoms with Crippen molar-refractivity contribution in [1.29, 1.82) is 0 Å². The first-order valence-electron chi connectivity index (χ1n) is 3.92. The second kappa shape index (κ2) is 3.55. The van der Waals surface area contributed by atoms with Crippen molar-refractivity contribution in [1.82, 2.24) is 0 Å². The van der Waals surface area contributed by atoms with Crippen LogP contribution in [0.5, 0.6) is 0 Å². The Kier molecular flexibility index (Phi) is 2.23. The predicted molar refractivity (Wildman–Crippen MR) is 52.4 cm³/mol. The van der Waals surface area contributed by atoms with E-state index in [2.05, 4.69) is 35.0 Å². The number of hydrogen-bond donors (Lipinski definition) is 0. The summed E-state index contributed by atoms with van der Waals surface area (Å²) in [6.07, 6.45) is 1.00. The Balaban J connectivity index is 2.15. The molecule has 0 atom stereocenters. The standard InChI is InChI=1S/C11H9S/c1-2-4-10(5-3-1)8-11-6-7-12-9-11/h1-4,6-7,9H,8H2. The maximum Gasteiger partial charge on any atom is -0.00114 e. The molecular weight excluding hydrogens is 164 g/mol. The lowest BCUT2D eigenvalue weighted by atomic mass is 10.1. The molecule has 0 aliphatic rings. The van der Waals surface area contributed by atoms with E-state index in [4.69, 9.17) is 0 Å². The highest BCUT2D eigenvalue weighted by Crippen LogP contribution is 2.11. The van der Waals surface area contributed by atoms with Crippen molar-refractivity contribution >= 4 is 11.3 Å². The summed E-state index contributed by atoms with van der Waals surface area (Å²) in [6.45, 7) is 0. The Morgan fingerprint density at radius 1 is 1.25 bits per heavy atom. The van der Waals surface area contributed by atoms with Crippen LogP contribution < -0.4 is 0 Å². The van der Waals surface area contributed by atoms with Crippen LogP contribution in [0.2, 0.25) is 0 Å². The molecule has 0 aliphatic carbocycles. The number of thiophene rings is 1. The molecule has 0 fully saturated rings. The van der Waals surface area contributed by atoms with Crippen LogP contribution in [0.3, 0.4) is 0 Å². The summed E-state index contributed by atoms with van der Waals surface area (Å²) in [5.41, 5.74) is 2.64. The monoisotopic (exact) mass is 173 g/mol. The summed E-state index contributed by atoms with van der Waals surface area (Å²) in [5, 5.41) is 4.29. The van der Waals surface area contributed by atoms with Gasteiger partial charge >= 0.3 is 0 Å². The van der Waals surface area contributed by atoms with Crippen LogP contribution in [-0.4, -0.2) is 0 Å². The summed E-state index contributed by atoms with van der Waals surface area (Å²) in [4.78, 5) is 0. The van der Waals surface area contributed by atoms with Crippen molar-refractivity contribution in [2.75, 3.05) is 0 Å². The Bertz CT molecular complexity index is 321. The van der Waals surface area contributed by atoms with Crippen LogP contribution >= 0.6 is 11.3 Å². The van der Waals surface area contributed by atoms with Gasteiger partial charge in [-0.1, -0.05) is 24.3 Å². The second-order valence-corrected chi connectivity index (χ2v) is 3.48. The molecule has 1 heterocycles. The van der Waals surface area contributed by atoms with Gasteiger partial charge in [0.05, 0.1) is 0 Å². The lowest BCUT2D eigenvalue weighted by Crippen LogP contribution is -1.83. The smallest absolute Gasteiger partial charge is 0.00114 e. The van der Waals surface area contributed by atoms with Gasteiger partial charge in [0.2, 0.25) is 0 Å². The normalized spacial score (nSPS) is 10.0. The minimum Gasteiger partial charge on any atom is -0.152 e. The Hall–Kier alpha value is -1.08. The molecule has 1 radical (unpaired) electrons. The van der Waals surface area contributed by atoms with Crippen LogP contribution in [0.1, 0.15) is 11.1 Å². The summed E-state index contributed by atoms with van der Waals surface area (Å²) >= 11 is 1.74. The molecule has 0 amide bonds. The maximum absolute atomic E-state index is 3.21. The van der Waals surface area contributed by atoms with Gasteiger partial charge in [0.15, 0.2) is 0 Å². The van der Waals surface area contributed by atoms with Gasteiger partial charge in [-0.3, -0.25) is 0 Å². The molecule has 0 unspecified atom stereocenters. The Labute approximate surface area is 76.5 Å². The van der Waals surface area contributed by atoms with E-state index in [0.29, 0.717) is 0 Å². The number of rotatable bonds is 2. The molecule has 2 rings (SSSR count). The van der Waals surface area contributed by atoms with Crippen LogP contribution in [0.15, 0.2) is 41.1 Å². The van der Waals surface area contributed by atoms with Crippen LogP contribution in [0.25, 0.3) is 0 Å². The summed E-state index contributed by atoms with van der Waals surface area (Å²) < 4.78 is 0. The van der Waals surface area contributed by atoms with E-state index < -0.39 is 0 Å². The topological polar surface area (TPSA) is 0 Å². The van der Waals surface area contributed by atoms with Crippen molar-refractivity contribution in [2.45, 2.75) is 6.42 Å². The quantitative estimate of drug-likeness (QED) is 0.654. The van der Waals surface area contributed by atoms with E-state index in [1.54, 1.807) is 11.3 Å². The minimum atomic E-state index is 1.00.